The van der Waals surface area contributed by atoms with Crippen molar-refractivity contribution < 1.29 is 9.59 Å². The number of nitrogens with one attached hydrogen (secondary N) is 3. The highest BCUT2D eigenvalue weighted by atomic mass is 32.1. The van der Waals surface area contributed by atoms with E-state index in [1.54, 1.807) is 18.7 Å². The first-order chi connectivity index (χ1) is 29.0. The number of carbonyl (C=O) groups excluding carboxylic acids is 2. The highest BCUT2D eigenvalue weighted by molar-refractivity contribution is 7.19. The Morgan fingerprint density at radius 3 is 1.67 bits per heavy atom. The number of rotatable bonds is 11. The van der Waals surface area contributed by atoms with Crippen molar-refractivity contribution in [3.8, 4) is 0 Å². The number of aromatic nitrogens is 2. The average molecular weight is 831 g/mol. The van der Waals surface area contributed by atoms with Crippen LogP contribution >= 0.6 is 11.3 Å². The number of thiophene rings is 1. The Balaban J connectivity index is 0.000000192. The summed E-state index contributed by atoms with van der Waals surface area (Å²) < 4.78 is 4.95. The van der Waals surface area contributed by atoms with E-state index in [0.717, 1.165) is 104 Å². The first-order valence-electron chi connectivity index (χ1n) is 21.1. The lowest BCUT2D eigenvalue weighted by Crippen LogP contribution is -2.43. The number of aryl methyl sites for hydroxylation is 2. The molecule has 0 bridgehead atoms. The van der Waals surface area contributed by atoms with Crippen LogP contribution in [0, 0.1) is 13.8 Å². The number of nitrogens with zero attached hydrogens (tertiary/aromatic N) is 4. The van der Waals surface area contributed by atoms with Gasteiger partial charge in [0, 0.05) is 91.4 Å². The summed E-state index contributed by atoms with van der Waals surface area (Å²) >= 11 is 1.87. The fraction of sp³-hybridized carbons (Fsp3) is 0.404. The maximum Gasteiger partial charge on any atom is 0.251 e. The van der Waals surface area contributed by atoms with Gasteiger partial charge in [0.1, 0.15) is 0 Å². The van der Waals surface area contributed by atoms with Gasteiger partial charge in [-0.3, -0.25) is 19.2 Å². The molecule has 8 rings (SSSR count). The molecule has 5 heterocycles. The Morgan fingerprint density at radius 1 is 0.667 bits per heavy atom. The average Bonchev–Trinajstić information content (AvgIpc) is 3.68. The molecule has 5 N–H and O–H groups in total. The molecule has 0 atom stereocenters. The molecule has 3 aromatic heterocycles. The number of pyridine rings is 2. The smallest absolute Gasteiger partial charge is 0.251 e. The summed E-state index contributed by atoms with van der Waals surface area (Å²) in [5.41, 5.74) is 10.4. The molecule has 316 valence electrons. The van der Waals surface area contributed by atoms with E-state index in [2.05, 4.69) is 56.1 Å². The van der Waals surface area contributed by atoms with Crippen LogP contribution < -0.4 is 32.8 Å². The SMILES string of the molecule is CNC(=O)c1cc(=O)n(CCN2CCC(N)CC2)c2cc(C)ccc12.CNC(=O)c1cc(=O)n(CCN2CCC(NCc3cc4ccccc4s3)CC2)c2cc(C)ccc12. The van der Waals surface area contributed by atoms with Gasteiger partial charge in [0.25, 0.3) is 22.9 Å². The van der Waals surface area contributed by atoms with E-state index in [-0.39, 0.29) is 22.9 Å². The number of hydrogen-bond acceptors (Lipinski definition) is 9. The number of piperidine rings is 2. The molecule has 12 nitrogen and oxygen atoms in total. The van der Waals surface area contributed by atoms with Gasteiger partial charge in [-0.05, 0) is 106 Å². The zero-order valence-electron chi connectivity index (χ0n) is 35.3. The second kappa shape index (κ2) is 19.5. The van der Waals surface area contributed by atoms with E-state index in [4.69, 9.17) is 5.73 Å². The van der Waals surface area contributed by atoms with Crippen molar-refractivity contribution in [2.45, 2.75) is 71.2 Å². The van der Waals surface area contributed by atoms with Crippen LogP contribution in [0.1, 0.15) is 62.4 Å². The molecule has 13 heteroatoms. The summed E-state index contributed by atoms with van der Waals surface area (Å²) in [4.78, 5) is 56.2. The molecule has 0 aliphatic carbocycles. The minimum atomic E-state index is -0.233. The monoisotopic (exact) mass is 830 g/mol. The lowest BCUT2D eigenvalue weighted by Gasteiger charge is -2.32. The van der Waals surface area contributed by atoms with Crippen LogP contribution in [-0.2, 0) is 19.6 Å². The lowest BCUT2D eigenvalue weighted by molar-refractivity contribution is 0.0956. The van der Waals surface area contributed by atoms with Crippen LogP contribution in [0.5, 0.6) is 0 Å². The van der Waals surface area contributed by atoms with E-state index in [0.29, 0.717) is 36.3 Å². The molecule has 0 unspecified atom stereocenters. The molecule has 0 radical (unpaired) electrons. The Hall–Kier alpha value is -5.18. The van der Waals surface area contributed by atoms with Gasteiger partial charge in [-0.1, -0.05) is 42.5 Å². The fourth-order valence-corrected chi connectivity index (χ4v) is 9.49. The number of amides is 2. The summed E-state index contributed by atoms with van der Waals surface area (Å²) in [7, 11) is 3.17. The number of benzene rings is 3. The zero-order chi connectivity index (χ0) is 42.3. The Labute approximate surface area is 355 Å². The highest BCUT2D eigenvalue weighted by Gasteiger charge is 2.21. The van der Waals surface area contributed by atoms with Gasteiger partial charge in [0.15, 0.2) is 0 Å². The summed E-state index contributed by atoms with van der Waals surface area (Å²) in [6, 6.07) is 26.4. The molecule has 2 amide bonds. The quantitative estimate of drug-likeness (QED) is 0.139. The first kappa shape index (κ1) is 42.9. The van der Waals surface area contributed by atoms with Crippen LogP contribution in [0.15, 0.2) is 88.5 Å². The topological polar surface area (TPSA) is 147 Å². The van der Waals surface area contributed by atoms with Crippen molar-refractivity contribution in [1.82, 2.24) is 34.9 Å². The molecule has 3 aromatic carbocycles. The number of nitrogens with two attached hydrogens (primary N) is 1. The Bertz CT molecular complexity index is 2570. The third kappa shape index (κ3) is 10.0. The van der Waals surface area contributed by atoms with Gasteiger partial charge >= 0.3 is 0 Å². The summed E-state index contributed by atoms with van der Waals surface area (Å²) in [5, 5.41) is 12.0. The van der Waals surface area contributed by atoms with Crippen molar-refractivity contribution >= 4 is 55.0 Å². The summed E-state index contributed by atoms with van der Waals surface area (Å²) in [6.07, 6.45) is 4.22. The van der Waals surface area contributed by atoms with Gasteiger partial charge < -0.3 is 40.6 Å². The van der Waals surface area contributed by atoms with Crippen molar-refractivity contribution in [1.29, 1.82) is 0 Å². The fourth-order valence-electron chi connectivity index (χ4n) is 8.48. The number of hydrogen-bond donors (Lipinski definition) is 4. The number of carbonyl (C=O) groups is 2. The Kier molecular flexibility index (Phi) is 13.9. The van der Waals surface area contributed by atoms with Crippen molar-refractivity contribution in [2.24, 2.45) is 5.73 Å². The minimum absolute atomic E-state index is 0.124. The first-order valence-corrected chi connectivity index (χ1v) is 22.0. The van der Waals surface area contributed by atoms with Crippen molar-refractivity contribution in [3.63, 3.8) is 0 Å². The van der Waals surface area contributed by atoms with Gasteiger partial charge in [-0.2, -0.15) is 0 Å². The summed E-state index contributed by atoms with van der Waals surface area (Å²) in [6.45, 7) is 11.8. The third-order valence-corrected chi connectivity index (χ3v) is 13.1. The number of fused-ring (bicyclic) bond motifs is 3. The third-order valence-electron chi connectivity index (χ3n) is 12.0. The van der Waals surface area contributed by atoms with E-state index in [1.807, 2.05) is 66.1 Å². The van der Waals surface area contributed by atoms with Crippen LogP contribution in [0.3, 0.4) is 0 Å². The van der Waals surface area contributed by atoms with Crippen molar-refractivity contribution in [3.05, 3.63) is 127 Å². The molecule has 60 heavy (non-hydrogen) atoms. The van der Waals surface area contributed by atoms with Gasteiger partial charge in [-0.15, -0.1) is 11.3 Å². The van der Waals surface area contributed by atoms with Gasteiger partial charge in [0.05, 0.1) is 22.2 Å². The van der Waals surface area contributed by atoms with Crippen LogP contribution in [0.25, 0.3) is 31.9 Å². The Morgan fingerprint density at radius 2 is 1.17 bits per heavy atom. The molecule has 0 spiro atoms. The standard InChI is InChI=1S/C28H32N4O2S.C19H26N4O2/c1-19-7-8-23-24(28(34)29-2)17-27(33)32(25(23)15-19)14-13-31-11-9-21(10-12-31)30-18-22-16-20-5-3-4-6-26(20)35-22;1-13-3-4-15-16(19(25)21-2)12-18(24)23(17(15)11-13)10-9-22-7-5-14(20)6-8-22/h3-8,15-17,21,30H,9-14,18H2,1-2H3,(H,29,34);3-4,11-12,14H,5-10,20H2,1-2H3,(H,21,25). The predicted molar refractivity (Wildman–Crippen MR) is 244 cm³/mol. The van der Waals surface area contributed by atoms with Crippen LogP contribution in [0.2, 0.25) is 0 Å². The predicted octanol–water partition coefficient (Wildman–Crippen LogP) is 5.23. The zero-order valence-corrected chi connectivity index (χ0v) is 36.1. The second-order valence-corrected chi connectivity index (χ2v) is 17.4. The van der Waals surface area contributed by atoms with E-state index in [1.165, 1.54) is 27.1 Å². The minimum Gasteiger partial charge on any atom is -0.355 e. The largest absolute Gasteiger partial charge is 0.355 e. The molecule has 2 saturated heterocycles. The molecule has 6 aromatic rings. The van der Waals surface area contributed by atoms with E-state index >= 15 is 0 Å². The van der Waals surface area contributed by atoms with E-state index in [9.17, 15) is 19.2 Å². The van der Waals surface area contributed by atoms with Gasteiger partial charge in [-0.25, -0.2) is 0 Å². The molecule has 2 fully saturated rings. The van der Waals surface area contributed by atoms with Crippen molar-refractivity contribution in [2.75, 3.05) is 53.4 Å². The molecule has 2 aliphatic heterocycles. The molecule has 0 saturated carbocycles. The van der Waals surface area contributed by atoms with E-state index < -0.39 is 0 Å². The molecular formula is C47H58N8O4S. The normalized spacial score (nSPS) is 15.6. The second-order valence-electron chi connectivity index (χ2n) is 16.2. The molecular weight excluding hydrogens is 773 g/mol. The van der Waals surface area contributed by atoms with Gasteiger partial charge in [0.2, 0.25) is 0 Å². The maximum atomic E-state index is 13.0. The summed E-state index contributed by atoms with van der Waals surface area (Å²) in [5.74, 6) is -0.462. The van der Waals surface area contributed by atoms with Crippen LogP contribution in [-0.4, -0.2) is 96.2 Å². The maximum absolute atomic E-state index is 13.0. The highest BCUT2D eigenvalue weighted by Crippen LogP contribution is 2.26. The molecule has 2 aliphatic rings. The number of likely N-dealkylation sites (tertiary alicyclic amines) is 2. The lowest BCUT2D eigenvalue weighted by atomic mass is 10.0. The van der Waals surface area contributed by atoms with Crippen LogP contribution in [0.4, 0.5) is 0 Å².